The Labute approximate surface area is 158 Å². The minimum Gasteiger partial charge on any atom is -0.268 e. The first-order valence-electron chi connectivity index (χ1n) is 7.63. The number of nitrogens with zero attached hydrogens (tertiary/aromatic N) is 4. The van der Waals surface area contributed by atoms with Crippen LogP contribution >= 0.6 is 24.0 Å². The molecule has 1 fully saturated rings. The Kier molecular flexibility index (Phi) is 4.36. The van der Waals surface area contributed by atoms with Gasteiger partial charge in [0.05, 0.1) is 22.5 Å². The molecular formula is C18H11FN4OS2. The van der Waals surface area contributed by atoms with Crippen molar-refractivity contribution in [1.82, 2.24) is 15.0 Å². The summed E-state index contributed by atoms with van der Waals surface area (Å²) in [6, 6.07) is 15.1. The summed E-state index contributed by atoms with van der Waals surface area (Å²) in [7, 11) is 0. The van der Waals surface area contributed by atoms with Crippen molar-refractivity contribution in [2.24, 2.45) is 0 Å². The summed E-state index contributed by atoms with van der Waals surface area (Å²) in [5.41, 5.74) is 1.91. The van der Waals surface area contributed by atoms with Crippen molar-refractivity contribution < 1.29 is 9.18 Å². The minimum absolute atomic E-state index is 0.263. The fraction of sp³-hybridized carbons (Fsp3) is 0. The number of hydrogen-bond acceptors (Lipinski definition) is 5. The third-order valence-corrected chi connectivity index (χ3v) is 4.96. The molecule has 2 heterocycles. The summed E-state index contributed by atoms with van der Waals surface area (Å²) in [5, 5.41) is 8.58. The number of para-hydroxylation sites is 1. The van der Waals surface area contributed by atoms with Crippen LogP contribution < -0.4 is 4.90 Å². The molecule has 1 amide bonds. The molecule has 1 aliphatic rings. The van der Waals surface area contributed by atoms with Gasteiger partial charge >= 0.3 is 0 Å². The van der Waals surface area contributed by atoms with Crippen LogP contribution in [0.3, 0.4) is 0 Å². The number of aromatic nitrogens is 3. The second-order valence-electron chi connectivity index (χ2n) is 5.39. The molecule has 0 unspecified atom stereocenters. The van der Waals surface area contributed by atoms with Crippen molar-refractivity contribution in [3.05, 3.63) is 77.2 Å². The molecule has 128 valence electrons. The lowest BCUT2D eigenvalue weighted by Crippen LogP contribution is -2.27. The van der Waals surface area contributed by atoms with E-state index < -0.39 is 0 Å². The number of halogens is 1. The maximum atomic E-state index is 13.1. The van der Waals surface area contributed by atoms with Crippen LogP contribution in [0.5, 0.6) is 0 Å². The summed E-state index contributed by atoms with van der Waals surface area (Å²) in [6.07, 6.45) is 3.23. The summed E-state index contributed by atoms with van der Waals surface area (Å²) in [5.74, 6) is -0.631. The predicted octanol–water partition coefficient (Wildman–Crippen LogP) is 3.81. The van der Waals surface area contributed by atoms with Crippen LogP contribution in [0.1, 0.15) is 5.69 Å². The first-order chi connectivity index (χ1) is 12.6. The van der Waals surface area contributed by atoms with Gasteiger partial charge in [-0.2, -0.15) is 9.90 Å². The molecule has 0 N–H and O–H groups in total. The molecule has 4 rings (SSSR count). The van der Waals surface area contributed by atoms with Crippen LogP contribution in [-0.4, -0.2) is 25.2 Å². The molecule has 0 saturated carbocycles. The molecule has 2 aromatic carbocycles. The molecular weight excluding hydrogens is 371 g/mol. The molecule has 1 aliphatic heterocycles. The Balaban J connectivity index is 1.61. The van der Waals surface area contributed by atoms with Crippen molar-refractivity contribution in [3.63, 3.8) is 0 Å². The van der Waals surface area contributed by atoms with Gasteiger partial charge in [-0.3, -0.25) is 9.69 Å². The topological polar surface area (TPSA) is 51.0 Å². The zero-order valence-electron chi connectivity index (χ0n) is 13.2. The lowest BCUT2D eigenvalue weighted by atomic mass is 10.3. The Morgan fingerprint density at radius 2 is 1.77 bits per heavy atom. The van der Waals surface area contributed by atoms with Gasteiger partial charge in [-0.1, -0.05) is 42.2 Å². The van der Waals surface area contributed by atoms with Crippen LogP contribution in [0.25, 0.3) is 11.8 Å². The van der Waals surface area contributed by atoms with Crippen LogP contribution in [0.4, 0.5) is 10.1 Å². The van der Waals surface area contributed by atoms with E-state index in [9.17, 15) is 9.18 Å². The molecule has 3 aromatic rings. The van der Waals surface area contributed by atoms with Crippen molar-refractivity contribution >= 4 is 46.0 Å². The second kappa shape index (κ2) is 6.81. The Morgan fingerprint density at radius 3 is 2.50 bits per heavy atom. The van der Waals surface area contributed by atoms with E-state index in [0.717, 1.165) is 5.69 Å². The van der Waals surface area contributed by atoms with Gasteiger partial charge in [0.2, 0.25) is 0 Å². The summed E-state index contributed by atoms with van der Waals surface area (Å²) < 4.78 is 13.5. The molecule has 0 atom stereocenters. The maximum Gasteiger partial charge on any atom is 0.270 e. The third kappa shape index (κ3) is 3.16. The van der Waals surface area contributed by atoms with Crippen LogP contribution in [-0.2, 0) is 4.79 Å². The maximum absolute atomic E-state index is 13.1. The Morgan fingerprint density at radius 1 is 1.04 bits per heavy atom. The number of amides is 1. The fourth-order valence-electron chi connectivity index (χ4n) is 2.44. The van der Waals surface area contributed by atoms with E-state index in [0.29, 0.717) is 20.6 Å². The number of hydrogen-bond donors (Lipinski definition) is 0. The van der Waals surface area contributed by atoms with Gasteiger partial charge < -0.3 is 0 Å². The molecule has 5 nitrogen and oxygen atoms in total. The number of benzene rings is 2. The van der Waals surface area contributed by atoms with Crippen molar-refractivity contribution in [1.29, 1.82) is 0 Å². The smallest absolute Gasteiger partial charge is 0.268 e. The van der Waals surface area contributed by atoms with Crippen molar-refractivity contribution in [2.45, 2.75) is 0 Å². The predicted molar refractivity (Wildman–Crippen MR) is 103 cm³/mol. The number of carbonyl (C=O) groups excluding carboxylic acids is 1. The summed E-state index contributed by atoms with van der Waals surface area (Å²) >= 11 is 6.48. The first-order valence-corrected chi connectivity index (χ1v) is 8.85. The molecule has 8 heteroatoms. The van der Waals surface area contributed by atoms with Crippen molar-refractivity contribution in [2.75, 3.05) is 4.90 Å². The monoisotopic (exact) mass is 382 g/mol. The quantitative estimate of drug-likeness (QED) is 0.509. The summed E-state index contributed by atoms with van der Waals surface area (Å²) in [6.45, 7) is 0. The average molecular weight is 382 g/mol. The number of anilines is 1. The van der Waals surface area contributed by atoms with E-state index in [4.69, 9.17) is 12.2 Å². The van der Waals surface area contributed by atoms with Gasteiger partial charge in [0.15, 0.2) is 4.32 Å². The third-order valence-electron chi connectivity index (χ3n) is 3.65. The van der Waals surface area contributed by atoms with Crippen LogP contribution in [0.2, 0.25) is 0 Å². The molecule has 0 aliphatic carbocycles. The van der Waals surface area contributed by atoms with E-state index in [1.165, 1.54) is 45.7 Å². The first kappa shape index (κ1) is 16.6. The van der Waals surface area contributed by atoms with E-state index in [1.807, 2.05) is 30.3 Å². The molecule has 0 radical (unpaired) electrons. The molecule has 1 saturated heterocycles. The number of carbonyl (C=O) groups is 1. The minimum atomic E-state index is -0.368. The van der Waals surface area contributed by atoms with Gasteiger partial charge in [0, 0.05) is 0 Å². The van der Waals surface area contributed by atoms with Crippen molar-refractivity contribution in [3.8, 4) is 5.69 Å². The molecule has 0 spiro atoms. The SMILES string of the molecule is O=C1/C(=C/c2cnn(-c3ccccc3)n2)SC(=S)N1c1ccc(F)cc1. The zero-order chi connectivity index (χ0) is 18.1. The highest BCUT2D eigenvalue weighted by molar-refractivity contribution is 8.27. The largest absolute Gasteiger partial charge is 0.270 e. The van der Waals surface area contributed by atoms with E-state index in [1.54, 1.807) is 12.3 Å². The highest BCUT2D eigenvalue weighted by atomic mass is 32.2. The summed E-state index contributed by atoms with van der Waals surface area (Å²) in [4.78, 5) is 16.0. The van der Waals surface area contributed by atoms with E-state index in [2.05, 4.69) is 10.2 Å². The van der Waals surface area contributed by atoms with Gasteiger partial charge in [-0.15, -0.1) is 5.10 Å². The highest BCUT2D eigenvalue weighted by Crippen LogP contribution is 2.35. The number of rotatable bonds is 3. The standard InChI is InChI=1S/C18H11FN4OS2/c19-12-6-8-14(9-7-12)22-17(24)16(26-18(22)25)10-13-11-20-23(21-13)15-4-2-1-3-5-15/h1-11H/b16-10-. The Bertz CT molecular complexity index is 1020. The lowest BCUT2D eigenvalue weighted by Gasteiger charge is -2.13. The molecule has 0 bridgehead atoms. The second-order valence-corrected chi connectivity index (χ2v) is 7.06. The number of thioether (sulfide) groups is 1. The van der Waals surface area contributed by atoms with Gasteiger partial charge in [0.1, 0.15) is 11.5 Å². The lowest BCUT2D eigenvalue weighted by molar-refractivity contribution is -0.113. The molecule has 1 aromatic heterocycles. The van der Waals surface area contributed by atoms with Crippen LogP contribution in [0.15, 0.2) is 65.7 Å². The van der Waals surface area contributed by atoms with Gasteiger partial charge in [-0.25, -0.2) is 4.39 Å². The molecule has 26 heavy (non-hydrogen) atoms. The fourth-order valence-corrected chi connectivity index (χ4v) is 3.73. The highest BCUT2D eigenvalue weighted by Gasteiger charge is 2.33. The zero-order valence-corrected chi connectivity index (χ0v) is 14.9. The van der Waals surface area contributed by atoms with Gasteiger partial charge in [0.25, 0.3) is 5.91 Å². The van der Waals surface area contributed by atoms with Gasteiger partial charge in [-0.05, 0) is 42.5 Å². The Hall–Kier alpha value is -2.84. The van der Waals surface area contributed by atoms with E-state index >= 15 is 0 Å². The van der Waals surface area contributed by atoms with Crippen LogP contribution in [0, 0.1) is 5.82 Å². The number of thiocarbonyl (C=S) groups is 1. The van der Waals surface area contributed by atoms with E-state index in [-0.39, 0.29) is 11.7 Å². The normalized spacial score (nSPS) is 15.9. The average Bonchev–Trinajstić information content (AvgIpc) is 3.22.